The molecular formula is C13H25NO6. The van der Waals surface area contributed by atoms with Crippen molar-refractivity contribution in [2.24, 2.45) is 5.73 Å². The second-order valence-corrected chi connectivity index (χ2v) is 4.94. The van der Waals surface area contributed by atoms with E-state index >= 15 is 0 Å². The molecule has 0 aromatic rings. The summed E-state index contributed by atoms with van der Waals surface area (Å²) in [5.74, 6) is -2.88. The van der Waals surface area contributed by atoms with Crippen molar-refractivity contribution in [1.29, 1.82) is 0 Å². The molecule has 4 N–H and O–H groups in total. The quantitative estimate of drug-likeness (QED) is 0.288. The molecule has 0 spiro atoms. The van der Waals surface area contributed by atoms with Gasteiger partial charge in [0.15, 0.2) is 5.79 Å². The van der Waals surface area contributed by atoms with Gasteiger partial charge in [-0.1, -0.05) is 0 Å². The molecule has 0 aliphatic heterocycles. The third-order valence-corrected chi connectivity index (χ3v) is 2.51. The Labute approximate surface area is 119 Å². The highest BCUT2D eigenvalue weighted by Crippen LogP contribution is 2.16. The number of esters is 1. The zero-order valence-electron chi connectivity index (χ0n) is 12.3. The predicted octanol–water partition coefficient (Wildman–Crippen LogP) is -0.278. The van der Waals surface area contributed by atoms with Crippen LogP contribution in [0.1, 0.15) is 40.0 Å². The van der Waals surface area contributed by atoms with Crippen LogP contribution in [-0.2, 0) is 19.1 Å². The minimum atomic E-state index is -1.41. The van der Waals surface area contributed by atoms with Gasteiger partial charge >= 0.3 is 5.97 Å². The van der Waals surface area contributed by atoms with E-state index in [0.29, 0.717) is 12.8 Å². The minimum Gasteiger partial charge on any atom is -0.460 e. The highest BCUT2D eigenvalue weighted by molar-refractivity contribution is 6.33. The average molecular weight is 291 g/mol. The van der Waals surface area contributed by atoms with Crippen molar-refractivity contribution in [1.82, 2.24) is 0 Å². The van der Waals surface area contributed by atoms with Gasteiger partial charge in [-0.25, -0.2) is 4.79 Å². The topological polar surface area (TPSA) is 119 Å². The standard InChI is InChI=1S/C13H25NO6/c1-4-19-12(17)9(15)6-5-7-11(10(16)8-14)20-13(2,3)18/h10-11,16,18H,4-8,14H2,1-3H3/t10-,11+/m1/s1. The molecule has 7 nitrogen and oxygen atoms in total. The minimum absolute atomic E-state index is 0.00183. The number of ether oxygens (including phenoxy) is 2. The molecule has 0 saturated carbocycles. The molecule has 0 bridgehead atoms. The van der Waals surface area contributed by atoms with Crippen LogP contribution in [0.3, 0.4) is 0 Å². The average Bonchev–Trinajstić information content (AvgIpc) is 2.35. The number of carbonyl (C=O) groups excluding carboxylic acids is 2. The second-order valence-electron chi connectivity index (χ2n) is 4.94. The Kier molecular flexibility index (Phi) is 8.56. The van der Waals surface area contributed by atoms with E-state index in [0.717, 1.165) is 0 Å². The largest absolute Gasteiger partial charge is 0.460 e. The highest BCUT2D eigenvalue weighted by Gasteiger charge is 2.26. The Morgan fingerprint density at radius 1 is 1.35 bits per heavy atom. The number of Topliss-reactive ketones (excluding diaryl/α,β-unsaturated/α-hetero) is 1. The van der Waals surface area contributed by atoms with E-state index in [-0.39, 0.29) is 19.6 Å². The SMILES string of the molecule is CCOC(=O)C(=O)CCC[C@H](OC(C)(C)O)[C@H](O)CN. The number of ketones is 1. The van der Waals surface area contributed by atoms with Crippen molar-refractivity contribution >= 4 is 11.8 Å². The Morgan fingerprint density at radius 3 is 2.40 bits per heavy atom. The third kappa shape index (κ3) is 8.21. The van der Waals surface area contributed by atoms with Gasteiger partial charge in [-0.2, -0.15) is 0 Å². The van der Waals surface area contributed by atoms with Gasteiger partial charge in [0.2, 0.25) is 5.78 Å². The summed E-state index contributed by atoms with van der Waals surface area (Å²) in [5, 5.41) is 19.3. The number of carbonyl (C=O) groups is 2. The maximum absolute atomic E-state index is 11.4. The monoisotopic (exact) mass is 291 g/mol. The van der Waals surface area contributed by atoms with E-state index in [2.05, 4.69) is 4.74 Å². The predicted molar refractivity (Wildman–Crippen MR) is 71.7 cm³/mol. The molecule has 118 valence electrons. The summed E-state index contributed by atoms with van der Waals surface area (Å²) in [6, 6.07) is 0. The summed E-state index contributed by atoms with van der Waals surface area (Å²) in [6.07, 6.45) is -1.01. The number of aliphatic hydroxyl groups is 2. The molecule has 0 aliphatic rings. The van der Waals surface area contributed by atoms with Gasteiger partial charge < -0.3 is 25.4 Å². The fourth-order valence-corrected chi connectivity index (χ4v) is 1.63. The summed E-state index contributed by atoms with van der Waals surface area (Å²) in [6.45, 7) is 4.63. The van der Waals surface area contributed by atoms with Crippen LogP contribution < -0.4 is 5.73 Å². The molecule has 7 heteroatoms. The molecule has 0 aliphatic carbocycles. The van der Waals surface area contributed by atoms with Crippen LogP contribution >= 0.6 is 0 Å². The number of rotatable bonds is 10. The summed E-state index contributed by atoms with van der Waals surface area (Å²) in [7, 11) is 0. The lowest BCUT2D eigenvalue weighted by Gasteiger charge is -2.29. The van der Waals surface area contributed by atoms with E-state index in [1.807, 2.05) is 0 Å². The summed E-state index contributed by atoms with van der Waals surface area (Å²) in [4.78, 5) is 22.5. The lowest BCUT2D eigenvalue weighted by atomic mass is 10.0. The zero-order chi connectivity index (χ0) is 15.8. The summed E-state index contributed by atoms with van der Waals surface area (Å²) < 4.78 is 9.86. The molecule has 0 unspecified atom stereocenters. The Hall–Kier alpha value is -1.02. The molecular weight excluding hydrogens is 266 g/mol. The molecule has 0 heterocycles. The summed E-state index contributed by atoms with van der Waals surface area (Å²) in [5.41, 5.74) is 5.36. The van der Waals surface area contributed by atoms with Gasteiger partial charge in [0, 0.05) is 13.0 Å². The van der Waals surface area contributed by atoms with E-state index in [1.165, 1.54) is 13.8 Å². The Balaban J connectivity index is 4.27. The maximum Gasteiger partial charge on any atom is 0.374 e. The lowest BCUT2D eigenvalue weighted by molar-refractivity contribution is -0.225. The molecule has 0 amide bonds. The molecule has 0 rings (SSSR count). The first kappa shape index (κ1) is 19.0. The smallest absolute Gasteiger partial charge is 0.374 e. The molecule has 0 saturated heterocycles. The van der Waals surface area contributed by atoms with Crippen molar-refractivity contribution in [3.8, 4) is 0 Å². The molecule has 0 fully saturated rings. The Morgan fingerprint density at radius 2 is 1.95 bits per heavy atom. The first-order valence-electron chi connectivity index (χ1n) is 6.69. The number of aliphatic hydroxyl groups excluding tert-OH is 1. The lowest BCUT2D eigenvalue weighted by Crippen LogP contribution is -2.41. The van der Waals surface area contributed by atoms with Gasteiger partial charge in [-0.15, -0.1) is 0 Å². The fraction of sp³-hybridized carbons (Fsp3) is 0.846. The van der Waals surface area contributed by atoms with Gasteiger partial charge in [-0.3, -0.25) is 4.79 Å². The van der Waals surface area contributed by atoms with E-state index in [9.17, 15) is 19.8 Å². The van der Waals surface area contributed by atoms with Crippen LogP contribution in [0, 0.1) is 0 Å². The van der Waals surface area contributed by atoms with Crippen LogP contribution in [0.2, 0.25) is 0 Å². The highest BCUT2D eigenvalue weighted by atomic mass is 16.6. The van der Waals surface area contributed by atoms with Crippen molar-refractivity contribution in [2.45, 2.75) is 58.0 Å². The molecule has 20 heavy (non-hydrogen) atoms. The first-order chi connectivity index (χ1) is 9.21. The second kappa shape index (κ2) is 9.02. The zero-order valence-corrected chi connectivity index (χ0v) is 12.3. The number of nitrogens with two attached hydrogens (primary N) is 1. The van der Waals surface area contributed by atoms with E-state index < -0.39 is 29.7 Å². The first-order valence-corrected chi connectivity index (χ1v) is 6.69. The van der Waals surface area contributed by atoms with Crippen LogP contribution in [-0.4, -0.2) is 53.1 Å². The van der Waals surface area contributed by atoms with E-state index in [1.54, 1.807) is 6.92 Å². The van der Waals surface area contributed by atoms with Crippen LogP contribution in [0.25, 0.3) is 0 Å². The molecule has 0 aromatic carbocycles. The van der Waals surface area contributed by atoms with Crippen LogP contribution in [0.4, 0.5) is 0 Å². The van der Waals surface area contributed by atoms with Gasteiger partial charge in [0.1, 0.15) is 0 Å². The molecule has 0 aromatic heterocycles. The van der Waals surface area contributed by atoms with Crippen LogP contribution in [0.15, 0.2) is 0 Å². The van der Waals surface area contributed by atoms with Crippen molar-refractivity contribution < 1.29 is 29.3 Å². The maximum atomic E-state index is 11.4. The van der Waals surface area contributed by atoms with Gasteiger partial charge in [0.05, 0.1) is 18.8 Å². The number of hydrogen-bond donors (Lipinski definition) is 3. The van der Waals surface area contributed by atoms with Gasteiger partial charge in [-0.05, 0) is 33.6 Å². The van der Waals surface area contributed by atoms with Crippen molar-refractivity contribution in [3.05, 3.63) is 0 Å². The number of hydrogen-bond acceptors (Lipinski definition) is 7. The fourth-order valence-electron chi connectivity index (χ4n) is 1.63. The summed E-state index contributed by atoms with van der Waals surface area (Å²) >= 11 is 0. The van der Waals surface area contributed by atoms with Crippen molar-refractivity contribution in [3.63, 3.8) is 0 Å². The molecule has 2 atom stereocenters. The third-order valence-electron chi connectivity index (χ3n) is 2.51. The van der Waals surface area contributed by atoms with Crippen LogP contribution in [0.5, 0.6) is 0 Å². The normalized spacial score (nSPS) is 14.7. The van der Waals surface area contributed by atoms with E-state index in [4.69, 9.17) is 10.5 Å². The van der Waals surface area contributed by atoms with Crippen molar-refractivity contribution in [2.75, 3.05) is 13.2 Å². The Bertz CT molecular complexity index is 312. The van der Waals surface area contributed by atoms with Gasteiger partial charge in [0.25, 0.3) is 0 Å². The molecule has 0 radical (unpaired) electrons.